The Labute approximate surface area is 84.4 Å². The Hall–Kier alpha value is -0.340. The third-order valence-electron chi connectivity index (χ3n) is 2.26. The summed E-state index contributed by atoms with van der Waals surface area (Å²) in [6, 6.07) is 4.30. The van der Waals surface area contributed by atoms with E-state index in [2.05, 4.69) is 24.4 Å². The Kier molecular flexibility index (Phi) is 5.09. The molecule has 1 aromatic rings. The zero-order valence-electron chi connectivity index (χ0n) is 8.20. The van der Waals surface area contributed by atoms with Gasteiger partial charge >= 0.3 is 0 Å². The van der Waals surface area contributed by atoms with Crippen LogP contribution in [-0.4, -0.2) is 11.7 Å². The number of unbranched alkanes of at least 4 members (excludes halogenated alkanes) is 1. The summed E-state index contributed by atoms with van der Waals surface area (Å²) in [6.07, 6.45) is 4.85. The van der Waals surface area contributed by atoms with E-state index in [1.807, 2.05) is 11.3 Å². The molecule has 0 unspecified atom stereocenters. The molecule has 1 rings (SSSR count). The topological polar surface area (TPSA) is 20.2 Å². The van der Waals surface area contributed by atoms with E-state index in [0.717, 1.165) is 6.42 Å². The van der Waals surface area contributed by atoms with Crippen molar-refractivity contribution in [2.75, 3.05) is 6.61 Å². The van der Waals surface area contributed by atoms with Gasteiger partial charge in [0, 0.05) is 11.5 Å². The maximum absolute atomic E-state index is 8.82. The molecule has 1 atom stereocenters. The number of aliphatic hydroxyl groups excluding tert-OH is 1. The van der Waals surface area contributed by atoms with Gasteiger partial charge in [0.2, 0.25) is 0 Å². The Bertz CT molecular complexity index is 206. The first-order valence-corrected chi connectivity index (χ1v) is 5.84. The average molecular weight is 198 g/mol. The molecule has 0 aliphatic heterocycles. The van der Waals surface area contributed by atoms with E-state index in [-0.39, 0.29) is 0 Å². The lowest BCUT2D eigenvalue weighted by Crippen LogP contribution is -2.00. The van der Waals surface area contributed by atoms with Crippen LogP contribution in [0.1, 0.15) is 31.1 Å². The summed E-state index contributed by atoms with van der Waals surface area (Å²) in [5.41, 5.74) is 0. The Morgan fingerprint density at radius 2 is 2.31 bits per heavy atom. The summed E-state index contributed by atoms with van der Waals surface area (Å²) in [6.45, 7) is 2.43. The van der Waals surface area contributed by atoms with Gasteiger partial charge in [-0.15, -0.1) is 11.3 Å². The van der Waals surface area contributed by atoms with E-state index < -0.39 is 0 Å². The molecule has 1 aromatic heterocycles. The largest absolute Gasteiger partial charge is 0.396 e. The lowest BCUT2D eigenvalue weighted by atomic mass is 10.0. The van der Waals surface area contributed by atoms with Gasteiger partial charge in [-0.1, -0.05) is 19.4 Å². The van der Waals surface area contributed by atoms with E-state index in [0.29, 0.717) is 12.5 Å². The molecule has 0 amide bonds. The lowest BCUT2D eigenvalue weighted by molar-refractivity contribution is 0.227. The quantitative estimate of drug-likeness (QED) is 0.696. The minimum atomic E-state index is 0.332. The zero-order chi connectivity index (χ0) is 9.52. The van der Waals surface area contributed by atoms with Crippen LogP contribution in [0.4, 0.5) is 0 Å². The second-order valence-electron chi connectivity index (χ2n) is 3.61. The number of hydrogen-bond donors (Lipinski definition) is 1. The highest BCUT2D eigenvalue weighted by Crippen LogP contribution is 2.14. The van der Waals surface area contributed by atoms with E-state index >= 15 is 0 Å². The fraction of sp³-hybridized carbons (Fsp3) is 0.636. The van der Waals surface area contributed by atoms with Crippen LogP contribution in [0, 0.1) is 5.92 Å². The van der Waals surface area contributed by atoms with Gasteiger partial charge in [-0.2, -0.15) is 0 Å². The van der Waals surface area contributed by atoms with Crippen molar-refractivity contribution < 1.29 is 5.11 Å². The van der Waals surface area contributed by atoms with Crippen LogP contribution < -0.4 is 0 Å². The standard InChI is InChI=1S/C11H18OS/c1-10(9-12)5-2-3-6-11-7-4-8-13-11/h4,7-8,10,12H,2-3,5-6,9H2,1H3/t10-/m1/s1. The van der Waals surface area contributed by atoms with E-state index in [9.17, 15) is 0 Å². The van der Waals surface area contributed by atoms with Gasteiger partial charge in [0.25, 0.3) is 0 Å². The minimum absolute atomic E-state index is 0.332. The van der Waals surface area contributed by atoms with Crippen LogP contribution in [0.3, 0.4) is 0 Å². The molecular formula is C11H18OS. The maximum Gasteiger partial charge on any atom is 0.0456 e. The highest BCUT2D eigenvalue weighted by Gasteiger charge is 1.99. The molecule has 1 heterocycles. The SMILES string of the molecule is C[C@@H](CO)CCCCc1cccs1. The van der Waals surface area contributed by atoms with Crippen LogP contribution >= 0.6 is 11.3 Å². The number of rotatable bonds is 6. The van der Waals surface area contributed by atoms with Crippen molar-refractivity contribution in [1.82, 2.24) is 0 Å². The average Bonchev–Trinajstić information content (AvgIpc) is 2.64. The summed E-state index contributed by atoms with van der Waals surface area (Å²) in [5, 5.41) is 11.0. The molecule has 0 bridgehead atoms. The fourth-order valence-corrected chi connectivity index (χ4v) is 2.09. The molecule has 0 aromatic carbocycles. The number of thiophene rings is 1. The van der Waals surface area contributed by atoms with Crippen LogP contribution in [0.25, 0.3) is 0 Å². The number of hydrogen-bond acceptors (Lipinski definition) is 2. The molecule has 1 nitrogen and oxygen atoms in total. The summed E-state index contributed by atoms with van der Waals surface area (Å²) >= 11 is 1.84. The molecule has 0 aliphatic rings. The van der Waals surface area contributed by atoms with Crippen molar-refractivity contribution in [3.8, 4) is 0 Å². The molecule has 0 aliphatic carbocycles. The molecule has 74 valence electrons. The van der Waals surface area contributed by atoms with Crippen LogP contribution in [0.2, 0.25) is 0 Å². The first-order chi connectivity index (χ1) is 6.33. The second kappa shape index (κ2) is 6.17. The van der Waals surface area contributed by atoms with Gasteiger partial charge in [0.1, 0.15) is 0 Å². The molecule has 1 N–H and O–H groups in total. The molecular weight excluding hydrogens is 180 g/mol. The van der Waals surface area contributed by atoms with Crippen LogP contribution in [0.15, 0.2) is 17.5 Å². The van der Waals surface area contributed by atoms with Crippen molar-refractivity contribution in [2.45, 2.75) is 32.6 Å². The molecule has 0 spiro atoms. The third-order valence-corrected chi connectivity index (χ3v) is 3.20. The van der Waals surface area contributed by atoms with Crippen molar-refractivity contribution >= 4 is 11.3 Å². The van der Waals surface area contributed by atoms with Gasteiger partial charge in [-0.3, -0.25) is 0 Å². The predicted molar refractivity (Wildman–Crippen MR) is 58.1 cm³/mol. The van der Waals surface area contributed by atoms with Crippen LogP contribution in [0.5, 0.6) is 0 Å². The van der Waals surface area contributed by atoms with Gasteiger partial charge in [-0.05, 0) is 36.6 Å². The summed E-state index contributed by atoms with van der Waals surface area (Å²) in [7, 11) is 0. The Morgan fingerprint density at radius 1 is 1.46 bits per heavy atom. The Balaban J connectivity index is 2.02. The highest BCUT2D eigenvalue weighted by atomic mass is 32.1. The minimum Gasteiger partial charge on any atom is -0.396 e. The maximum atomic E-state index is 8.82. The second-order valence-corrected chi connectivity index (χ2v) is 4.65. The fourth-order valence-electron chi connectivity index (χ4n) is 1.34. The first kappa shape index (κ1) is 10.7. The molecule has 0 saturated heterocycles. The summed E-state index contributed by atoms with van der Waals surface area (Å²) in [5.74, 6) is 0.475. The van der Waals surface area contributed by atoms with Crippen molar-refractivity contribution in [1.29, 1.82) is 0 Å². The highest BCUT2D eigenvalue weighted by molar-refractivity contribution is 7.09. The number of aliphatic hydroxyl groups is 1. The predicted octanol–water partition coefficient (Wildman–Crippen LogP) is 3.09. The number of aryl methyl sites for hydroxylation is 1. The van der Waals surface area contributed by atoms with Gasteiger partial charge < -0.3 is 5.11 Å². The molecule has 0 radical (unpaired) electrons. The molecule has 2 heteroatoms. The zero-order valence-corrected chi connectivity index (χ0v) is 9.02. The summed E-state index contributed by atoms with van der Waals surface area (Å²) in [4.78, 5) is 1.48. The van der Waals surface area contributed by atoms with E-state index in [1.165, 1.54) is 24.1 Å². The van der Waals surface area contributed by atoms with Crippen molar-refractivity contribution in [2.24, 2.45) is 5.92 Å². The Morgan fingerprint density at radius 3 is 2.92 bits per heavy atom. The van der Waals surface area contributed by atoms with Gasteiger partial charge in [0.05, 0.1) is 0 Å². The van der Waals surface area contributed by atoms with Crippen molar-refractivity contribution in [3.63, 3.8) is 0 Å². The van der Waals surface area contributed by atoms with Crippen LogP contribution in [-0.2, 0) is 6.42 Å². The normalized spacial score (nSPS) is 13.1. The molecule has 0 fully saturated rings. The van der Waals surface area contributed by atoms with Gasteiger partial charge in [0.15, 0.2) is 0 Å². The first-order valence-electron chi connectivity index (χ1n) is 4.96. The van der Waals surface area contributed by atoms with E-state index in [1.54, 1.807) is 0 Å². The molecule has 0 saturated carbocycles. The summed E-state index contributed by atoms with van der Waals surface area (Å²) < 4.78 is 0. The smallest absolute Gasteiger partial charge is 0.0456 e. The molecule has 13 heavy (non-hydrogen) atoms. The monoisotopic (exact) mass is 198 g/mol. The van der Waals surface area contributed by atoms with E-state index in [4.69, 9.17) is 5.11 Å². The third kappa shape index (κ3) is 4.44. The lowest BCUT2D eigenvalue weighted by Gasteiger charge is -2.05. The van der Waals surface area contributed by atoms with Gasteiger partial charge in [-0.25, -0.2) is 0 Å². The van der Waals surface area contributed by atoms with Crippen molar-refractivity contribution in [3.05, 3.63) is 22.4 Å².